The molecule has 3 aromatic carbocycles. The van der Waals surface area contributed by atoms with Crippen LogP contribution in [0.5, 0.6) is 11.5 Å². The molecule has 0 aliphatic carbocycles. The highest BCUT2D eigenvalue weighted by Crippen LogP contribution is 2.36. The summed E-state index contributed by atoms with van der Waals surface area (Å²) in [5.74, 6) is 0.577. The number of carbonyl (C=O) groups is 1. The zero-order valence-corrected chi connectivity index (χ0v) is 17.4. The lowest BCUT2D eigenvalue weighted by molar-refractivity contribution is -0.115. The fourth-order valence-corrected chi connectivity index (χ4v) is 3.92. The SMILES string of the molecule is COc1cccc(NC(=O)[C@H](Sc2nnnn2-c2ccc(O)cc2)c2ccccc2)c1. The first-order valence-electron chi connectivity index (χ1n) is 9.38. The number of methoxy groups -OCH3 is 1. The van der Waals surface area contributed by atoms with E-state index in [-0.39, 0.29) is 11.7 Å². The Bertz CT molecular complexity index is 1170. The number of ether oxygens (including phenoxy) is 1. The molecule has 2 N–H and O–H groups in total. The second-order valence-corrected chi connectivity index (χ2v) is 7.59. The van der Waals surface area contributed by atoms with E-state index in [2.05, 4.69) is 20.8 Å². The number of nitrogens with one attached hydrogen (secondary N) is 1. The molecule has 1 heterocycles. The first-order valence-corrected chi connectivity index (χ1v) is 10.3. The van der Waals surface area contributed by atoms with Crippen LogP contribution in [0.1, 0.15) is 10.8 Å². The molecule has 0 saturated carbocycles. The number of rotatable bonds is 7. The number of amides is 1. The maximum atomic E-state index is 13.2. The van der Waals surface area contributed by atoms with Gasteiger partial charge in [0.15, 0.2) is 0 Å². The van der Waals surface area contributed by atoms with Crippen LogP contribution < -0.4 is 10.1 Å². The summed E-state index contributed by atoms with van der Waals surface area (Å²) in [7, 11) is 1.58. The fourth-order valence-electron chi connectivity index (χ4n) is 2.92. The van der Waals surface area contributed by atoms with Gasteiger partial charge in [-0.25, -0.2) is 0 Å². The van der Waals surface area contributed by atoms with Crippen LogP contribution in [0.25, 0.3) is 5.69 Å². The zero-order valence-electron chi connectivity index (χ0n) is 16.5. The highest BCUT2D eigenvalue weighted by molar-refractivity contribution is 8.00. The molecule has 1 aromatic heterocycles. The molecule has 0 saturated heterocycles. The van der Waals surface area contributed by atoms with Crippen LogP contribution in [0.4, 0.5) is 5.69 Å². The Hall–Kier alpha value is -3.85. The van der Waals surface area contributed by atoms with Crippen LogP contribution in [0.15, 0.2) is 84.0 Å². The number of nitrogens with zero attached hydrogens (tertiary/aromatic N) is 4. The topological polar surface area (TPSA) is 102 Å². The number of thioether (sulfide) groups is 1. The van der Waals surface area contributed by atoms with E-state index in [1.165, 1.54) is 16.4 Å². The van der Waals surface area contributed by atoms with Gasteiger partial charge in [-0.2, -0.15) is 4.68 Å². The molecular weight excluding hydrogens is 414 g/mol. The van der Waals surface area contributed by atoms with E-state index in [0.717, 1.165) is 5.56 Å². The second-order valence-electron chi connectivity index (χ2n) is 6.52. The first-order chi connectivity index (χ1) is 15.1. The number of aromatic hydroxyl groups is 1. The van der Waals surface area contributed by atoms with E-state index in [9.17, 15) is 9.90 Å². The van der Waals surface area contributed by atoms with E-state index < -0.39 is 5.25 Å². The molecule has 0 radical (unpaired) electrons. The maximum absolute atomic E-state index is 13.2. The summed E-state index contributed by atoms with van der Waals surface area (Å²) < 4.78 is 6.76. The van der Waals surface area contributed by atoms with Crippen LogP contribution in [-0.4, -0.2) is 38.3 Å². The van der Waals surface area contributed by atoms with E-state index in [0.29, 0.717) is 22.3 Å². The summed E-state index contributed by atoms with van der Waals surface area (Å²) in [4.78, 5) is 13.2. The monoisotopic (exact) mass is 433 g/mol. The quantitative estimate of drug-likeness (QED) is 0.427. The number of benzene rings is 3. The number of phenolic OH excluding ortho intramolecular Hbond substituents is 1. The summed E-state index contributed by atoms with van der Waals surface area (Å²) in [6.45, 7) is 0. The van der Waals surface area contributed by atoms with E-state index >= 15 is 0 Å². The second kappa shape index (κ2) is 9.31. The Balaban J connectivity index is 1.63. The molecule has 8 nitrogen and oxygen atoms in total. The van der Waals surface area contributed by atoms with Crippen molar-refractivity contribution in [1.29, 1.82) is 0 Å². The molecule has 156 valence electrons. The molecular formula is C22H19N5O3S. The summed E-state index contributed by atoms with van der Waals surface area (Å²) in [5, 5.41) is 24.2. The van der Waals surface area contributed by atoms with Crippen molar-refractivity contribution >= 4 is 23.4 Å². The number of phenols is 1. The van der Waals surface area contributed by atoms with Crippen LogP contribution in [0.3, 0.4) is 0 Å². The molecule has 9 heteroatoms. The largest absolute Gasteiger partial charge is 0.508 e. The molecule has 4 rings (SSSR count). The molecule has 0 spiro atoms. The van der Waals surface area contributed by atoms with Crippen molar-refractivity contribution < 1.29 is 14.6 Å². The highest BCUT2D eigenvalue weighted by Gasteiger charge is 2.25. The summed E-state index contributed by atoms with van der Waals surface area (Å²) in [6.07, 6.45) is 0. The standard InChI is InChI=1S/C22H19N5O3S/c1-30-19-9-5-8-16(14-19)23-21(29)20(15-6-3-2-4-7-15)31-22-24-25-26-27(22)17-10-12-18(28)13-11-17/h2-14,20,28H,1H3,(H,23,29)/t20-/m1/s1. The maximum Gasteiger partial charge on any atom is 0.242 e. The van der Waals surface area contributed by atoms with Crippen LogP contribution in [0.2, 0.25) is 0 Å². The van der Waals surface area contributed by atoms with Gasteiger partial charge in [0, 0.05) is 11.8 Å². The Labute approximate surface area is 182 Å². The van der Waals surface area contributed by atoms with Crippen LogP contribution in [-0.2, 0) is 4.79 Å². The van der Waals surface area contributed by atoms with Crippen molar-refractivity contribution in [2.24, 2.45) is 0 Å². The predicted octanol–water partition coefficient (Wildman–Crippen LogP) is 3.85. The molecule has 31 heavy (non-hydrogen) atoms. The molecule has 0 unspecified atom stereocenters. The van der Waals surface area contributed by atoms with E-state index in [1.807, 2.05) is 42.5 Å². The van der Waals surface area contributed by atoms with E-state index in [4.69, 9.17) is 4.74 Å². The van der Waals surface area contributed by atoms with Gasteiger partial charge < -0.3 is 15.2 Å². The first kappa shape index (κ1) is 20.4. The number of hydrogen-bond acceptors (Lipinski definition) is 7. The van der Waals surface area contributed by atoms with Crippen molar-refractivity contribution in [1.82, 2.24) is 20.2 Å². The Morgan fingerprint density at radius 2 is 1.84 bits per heavy atom. The summed E-state index contributed by atoms with van der Waals surface area (Å²) >= 11 is 1.23. The minimum absolute atomic E-state index is 0.144. The van der Waals surface area contributed by atoms with E-state index in [1.54, 1.807) is 43.5 Å². The predicted molar refractivity (Wildman–Crippen MR) is 117 cm³/mol. The molecule has 4 aromatic rings. The van der Waals surface area contributed by atoms with Crippen molar-refractivity contribution in [3.05, 3.63) is 84.4 Å². The minimum atomic E-state index is -0.603. The number of aromatic nitrogens is 4. The summed E-state index contributed by atoms with van der Waals surface area (Å²) in [5.41, 5.74) is 2.11. The van der Waals surface area contributed by atoms with Gasteiger partial charge in [-0.15, -0.1) is 5.10 Å². The molecule has 0 aliphatic rings. The number of anilines is 1. The third-order valence-electron chi connectivity index (χ3n) is 4.44. The van der Waals surface area contributed by atoms with Gasteiger partial charge >= 0.3 is 0 Å². The normalized spacial score (nSPS) is 11.6. The average molecular weight is 433 g/mol. The number of hydrogen-bond donors (Lipinski definition) is 2. The Morgan fingerprint density at radius 3 is 2.58 bits per heavy atom. The van der Waals surface area contributed by atoms with Gasteiger partial charge in [0.05, 0.1) is 12.8 Å². The Morgan fingerprint density at radius 1 is 1.06 bits per heavy atom. The van der Waals surface area contributed by atoms with Crippen molar-refractivity contribution in [3.8, 4) is 17.2 Å². The number of tetrazole rings is 1. The average Bonchev–Trinajstić information content (AvgIpc) is 3.27. The summed E-state index contributed by atoms with van der Waals surface area (Å²) in [6, 6.07) is 23.1. The third-order valence-corrected chi connectivity index (χ3v) is 5.62. The van der Waals surface area contributed by atoms with Crippen molar-refractivity contribution in [2.75, 3.05) is 12.4 Å². The lowest BCUT2D eigenvalue weighted by Gasteiger charge is -2.17. The Kier molecular flexibility index (Phi) is 6.13. The molecule has 0 aliphatic heterocycles. The zero-order chi connectivity index (χ0) is 21.6. The van der Waals surface area contributed by atoms with Crippen molar-refractivity contribution in [2.45, 2.75) is 10.4 Å². The minimum Gasteiger partial charge on any atom is -0.508 e. The molecule has 0 bridgehead atoms. The number of carbonyl (C=O) groups excluding carboxylic acids is 1. The van der Waals surface area contributed by atoms with Crippen molar-refractivity contribution in [3.63, 3.8) is 0 Å². The van der Waals surface area contributed by atoms with Gasteiger partial charge in [0.1, 0.15) is 16.7 Å². The van der Waals surface area contributed by atoms with Crippen LogP contribution in [0, 0.1) is 0 Å². The smallest absolute Gasteiger partial charge is 0.242 e. The highest BCUT2D eigenvalue weighted by atomic mass is 32.2. The molecule has 1 atom stereocenters. The lowest BCUT2D eigenvalue weighted by atomic mass is 10.1. The molecule has 0 fully saturated rings. The fraction of sp³-hybridized carbons (Fsp3) is 0.0909. The molecule has 1 amide bonds. The van der Waals surface area contributed by atoms with Gasteiger partial charge in [-0.05, 0) is 52.4 Å². The van der Waals surface area contributed by atoms with Crippen LogP contribution >= 0.6 is 11.8 Å². The van der Waals surface area contributed by atoms with Gasteiger partial charge in [0.25, 0.3) is 0 Å². The van der Waals surface area contributed by atoms with Gasteiger partial charge in [-0.3, -0.25) is 4.79 Å². The third kappa shape index (κ3) is 4.84. The van der Waals surface area contributed by atoms with Gasteiger partial charge in [-0.1, -0.05) is 48.2 Å². The lowest BCUT2D eigenvalue weighted by Crippen LogP contribution is -2.19. The van der Waals surface area contributed by atoms with Gasteiger partial charge in [0.2, 0.25) is 11.1 Å².